The smallest absolute Gasteiger partial charge is 0.307 e. The molecular formula is C24H24O7S. The van der Waals surface area contributed by atoms with Gasteiger partial charge in [-0.05, 0) is 59.2 Å². The molecule has 0 atom stereocenters. The zero-order chi connectivity index (χ0) is 23.1. The van der Waals surface area contributed by atoms with E-state index in [4.69, 9.17) is 19.3 Å². The number of hydrogen-bond acceptors (Lipinski definition) is 6. The molecule has 0 aliphatic carbocycles. The Morgan fingerprint density at radius 1 is 0.844 bits per heavy atom. The van der Waals surface area contributed by atoms with E-state index < -0.39 is 15.8 Å². The Balaban J connectivity index is 2.00. The van der Waals surface area contributed by atoms with Gasteiger partial charge in [-0.25, -0.2) is 8.42 Å². The van der Waals surface area contributed by atoms with Crippen LogP contribution in [0.3, 0.4) is 0 Å². The van der Waals surface area contributed by atoms with E-state index >= 15 is 0 Å². The summed E-state index contributed by atoms with van der Waals surface area (Å²) in [4.78, 5) is 11.3. The molecule has 8 heteroatoms. The van der Waals surface area contributed by atoms with E-state index in [-0.39, 0.29) is 28.6 Å². The summed E-state index contributed by atoms with van der Waals surface area (Å²) in [5, 5.41) is 9.16. The fourth-order valence-electron chi connectivity index (χ4n) is 3.15. The number of rotatable bonds is 10. The average Bonchev–Trinajstić information content (AvgIpc) is 2.79. The van der Waals surface area contributed by atoms with Crippen molar-refractivity contribution in [3.8, 4) is 22.6 Å². The molecule has 7 nitrogen and oxygen atoms in total. The zero-order valence-corrected chi connectivity index (χ0v) is 18.6. The summed E-state index contributed by atoms with van der Waals surface area (Å²) >= 11 is 0. The standard InChI is InChI=1S/C24H24O7S/c1-29-10-11-31-21-12-17(14-24(25)26)13-23(16-21)32(27,28)22-5-3-4-19(15-22)18-6-8-20(30-2)9-7-18/h3-9,12-13,15-16H,10-11,14H2,1-2H3,(H,25,26). The first kappa shape index (κ1) is 23.3. The Bertz CT molecular complexity index is 1190. The van der Waals surface area contributed by atoms with Crippen LogP contribution >= 0.6 is 0 Å². The van der Waals surface area contributed by atoms with E-state index in [2.05, 4.69) is 0 Å². The van der Waals surface area contributed by atoms with Gasteiger partial charge in [0.15, 0.2) is 0 Å². The Morgan fingerprint density at radius 2 is 1.59 bits per heavy atom. The summed E-state index contributed by atoms with van der Waals surface area (Å²) in [7, 11) is -0.822. The second-order valence-corrected chi connectivity index (χ2v) is 8.93. The topological polar surface area (TPSA) is 99.1 Å². The summed E-state index contributed by atoms with van der Waals surface area (Å²) in [5.74, 6) is -0.0941. The van der Waals surface area contributed by atoms with Gasteiger partial charge in [-0.3, -0.25) is 4.79 Å². The van der Waals surface area contributed by atoms with E-state index in [0.717, 1.165) is 11.1 Å². The molecule has 3 aromatic carbocycles. The first-order valence-corrected chi connectivity index (χ1v) is 11.3. The van der Waals surface area contributed by atoms with E-state index in [1.54, 1.807) is 31.4 Å². The highest BCUT2D eigenvalue weighted by Crippen LogP contribution is 2.30. The summed E-state index contributed by atoms with van der Waals surface area (Å²) in [6.07, 6.45) is -0.324. The number of carboxylic acids is 1. The minimum absolute atomic E-state index is 0.0319. The molecule has 0 amide bonds. The molecule has 0 aliphatic heterocycles. The lowest BCUT2D eigenvalue weighted by atomic mass is 10.1. The second-order valence-electron chi connectivity index (χ2n) is 6.98. The third-order valence-corrected chi connectivity index (χ3v) is 6.46. The predicted molar refractivity (Wildman–Crippen MR) is 119 cm³/mol. The maximum atomic E-state index is 13.4. The molecule has 0 aliphatic rings. The highest BCUT2D eigenvalue weighted by molar-refractivity contribution is 7.91. The van der Waals surface area contributed by atoms with E-state index in [1.165, 1.54) is 31.4 Å². The molecule has 0 saturated carbocycles. The Kier molecular flexibility index (Phi) is 7.50. The maximum Gasteiger partial charge on any atom is 0.307 e. The molecule has 3 aromatic rings. The predicted octanol–water partition coefficient (Wildman–Crippen LogP) is 3.85. The molecule has 3 rings (SSSR count). The number of hydrogen-bond donors (Lipinski definition) is 1. The van der Waals surface area contributed by atoms with Crippen molar-refractivity contribution < 1.29 is 32.5 Å². The van der Waals surface area contributed by atoms with Crippen LogP contribution in [0.5, 0.6) is 11.5 Å². The molecular weight excluding hydrogens is 432 g/mol. The van der Waals surface area contributed by atoms with Gasteiger partial charge in [-0.2, -0.15) is 0 Å². The number of benzene rings is 3. The Labute approximate surface area is 187 Å². The number of aliphatic carboxylic acids is 1. The first-order chi connectivity index (χ1) is 15.3. The molecule has 0 fully saturated rings. The van der Waals surface area contributed by atoms with Crippen LogP contribution in [-0.4, -0.2) is 46.9 Å². The van der Waals surface area contributed by atoms with Crippen molar-refractivity contribution in [2.75, 3.05) is 27.4 Å². The number of carbonyl (C=O) groups is 1. The van der Waals surface area contributed by atoms with Crippen molar-refractivity contribution in [3.05, 3.63) is 72.3 Å². The molecule has 0 spiro atoms. The number of ether oxygens (including phenoxy) is 3. The minimum Gasteiger partial charge on any atom is -0.497 e. The normalized spacial score (nSPS) is 11.2. The van der Waals surface area contributed by atoms with Crippen LogP contribution in [0, 0.1) is 0 Å². The van der Waals surface area contributed by atoms with Crippen LogP contribution in [0.15, 0.2) is 76.5 Å². The summed E-state index contributed by atoms with van der Waals surface area (Å²) < 4.78 is 42.5. The molecule has 0 unspecified atom stereocenters. The molecule has 32 heavy (non-hydrogen) atoms. The van der Waals surface area contributed by atoms with Crippen molar-refractivity contribution in [2.45, 2.75) is 16.2 Å². The van der Waals surface area contributed by atoms with Crippen molar-refractivity contribution >= 4 is 15.8 Å². The van der Waals surface area contributed by atoms with Crippen molar-refractivity contribution in [2.24, 2.45) is 0 Å². The van der Waals surface area contributed by atoms with E-state index in [0.29, 0.717) is 17.9 Å². The summed E-state index contributed by atoms with van der Waals surface area (Å²) in [5.41, 5.74) is 1.90. The van der Waals surface area contributed by atoms with Crippen LogP contribution in [-0.2, 0) is 25.8 Å². The third-order valence-electron chi connectivity index (χ3n) is 4.73. The van der Waals surface area contributed by atoms with Gasteiger partial charge in [0, 0.05) is 7.11 Å². The molecule has 0 bridgehead atoms. The first-order valence-electron chi connectivity index (χ1n) is 9.80. The van der Waals surface area contributed by atoms with Gasteiger partial charge in [0.2, 0.25) is 9.84 Å². The van der Waals surface area contributed by atoms with Gasteiger partial charge in [0.05, 0.1) is 29.9 Å². The van der Waals surface area contributed by atoms with Crippen LogP contribution < -0.4 is 9.47 Å². The fraction of sp³-hybridized carbons (Fsp3) is 0.208. The van der Waals surface area contributed by atoms with Crippen LogP contribution in [0.25, 0.3) is 11.1 Å². The number of sulfone groups is 1. The van der Waals surface area contributed by atoms with Crippen molar-refractivity contribution in [1.29, 1.82) is 0 Å². The summed E-state index contributed by atoms with van der Waals surface area (Å²) in [6.45, 7) is 0.522. The van der Waals surface area contributed by atoms with Crippen LogP contribution in [0.1, 0.15) is 5.56 Å². The minimum atomic E-state index is -3.92. The van der Waals surface area contributed by atoms with E-state index in [1.807, 2.05) is 18.2 Å². The van der Waals surface area contributed by atoms with Gasteiger partial charge in [-0.15, -0.1) is 0 Å². The molecule has 0 aromatic heterocycles. The SMILES string of the molecule is COCCOc1cc(CC(=O)O)cc(S(=O)(=O)c2cccc(-c3ccc(OC)cc3)c2)c1. The maximum absolute atomic E-state index is 13.4. The largest absolute Gasteiger partial charge is 0.497 e. The highest BCUT2D eigenvalue weighted by atomic mass is 32.2. The van der Waals surface area contributed by atoms with Gasteiger partial charge in [0.1, 0.15) is 18.1 Å². The third kappa shape index (κ3) is 5.66. The van der Waals surface area contributed by atoms with Gasteiger partial charge in [0.25, 0.3) is 0 Å². The van der Waals surface area contributed by atoms with Crippen molar-refractivity contribution in [3.63, 3.8) is 0 Å². The number of carboxylic acid groups (broad SMARTS) is 1. The van der Waals surface area contributed by atoms with Gasteiger partial charge >= 0.3 is 5.97 Å². The van der Waals surface area contributed by atoms with Crippen molar-refractivity contribution in [1.82, 2.24) is 0 Å². The fourth-order valence-corrected chi connectivity index (χ4v) is 4.54. The average molecular weight is 457 g/mol. The Hall–Kier alpha value is -3.36. The highest BCUT2D eigenvalue weighted by Gasteiger charge is 2.21. The lowest BCUT2D eigenvalue weighted by molar-refractivity contribution is -0.136. The molecule has 0 heterocycles. The second kappa shape index (κ2) is 10.3. The van der Waals surface area contributed by atoms with E-state index in [9.17, 15) is 13.2 Å². The lowest BCUT2D eigenvalue weighted by Crippen LogP contribution is -2.08. The van der Waals surface area contributed by atoms with Crippen LogP contribution in [0.2, 0.25) is 0 Å². The monoisotopic (exact) mass is 456 g/mol. The molecule has 1 N–H and O–H groups in total. The zero-order valence-electron chi connectivity index (χ0n) is 17.8. The Morgan fingerprint density at radius 3 is 2.25 bits per heavy atom. The summed E-state index contributed by atoms with van der Waals surface area (Å²) in [6, 6.07) is 18.2. The quantitative estimate of drug-likeness (QED) is 0.463. The molecule has 0 radical (unpaired) electrons. The van der Waals surface area contributed by atoms with Crippen LogP contribution in [0.4, 0.5) is 0 Å². The van der Waals surface area contributed by atoms with Gasteiger partial charge in [-0.1, -0.05) is 24.3 Å². The van der Waals surface area contributed by atoms with Gasteiger partial charge < -0.3 is 19.3 Å². The molecule has 0 saturated heterocycles. The lowest BCUT2D eigenvalue weighted by Gasteiger charge is -2.12. The number of methoxy groups -OCH3 is 2. The molecule has 168 valence electrons.